The van der Waals surface area contributed by atoms with Crippen LogP contribution in [0.2, 0.25) is 0 Å². The van der Waals surface area contributed by atoms with Crippen LogP contribution in [-0.4, -0.2) is 14.8 Å². The number of nitrogens with zero attached hydrogens (tertiary/aromatic N) is 4. The molecule has 0 bridgehead atoms. The van der Waals surface area contributed by atoms with E-state index in [1.54, 1.807) is 6.20 Å². The maximum Gasteiger partial charge on any atom is 0.0991 e. The number of aryl methyl sites for hydroxylation is 2. The van der Waals surface area contributed by atoms with Crippen molar-refractivity contribution >= 4 is 10.9 Å². The van der Waals surface area contributed by atoms with E-state index in [0.717, 1.165) is 38.8 Å². The summed E-state index contributed by atoms with van der Waals surface area (Å²) < 4.78 is 1.95. The monoisotopic (exact) mass is 324 g/mol. The first-order valence-corrected chi connectivity index (χ1v) is 8.07. The van der Waals surface area contributed by atoms with Gasteiger partial charge in [0.1, 0.15) is 0 Å². The molecule has 0 atom stereocenters. The van der Waals surface area contributed by atoms with Crippen molar-refractivity contribution in [3.63, 3.8) is 0 Å². The van der Waals surface area contributed by atoms with E-state index in [-0.39, 0.29) is 0 Å². The second-order valence-electron chi connectivity index (χ2n) is 6.14. The van der Waals surface area contributed by atoms with Crippen LogP contribution in [0.5, 0.6) is 0 Å². The highest BCUT2D eigenvalue weighted by Crippen LogP contribution is 2.29. The van der Waals surface area contributed by atoms with Crippen molar-refractivity contribution in [1.82, 2.24) is 14.8 Å². The van der Waals surface area contributed by atoms with Gasteiger partial charge in [0.15, 0.2) is 0 Å². The first-order valence-electron chi connectivity index (χ1n) is 8.07. The number of hydrogen-bond acceptors (Lipinski definition) is 3. The summed E-state index contributed by atoms with van der Waals surface area (Å²) in [4.78, 5) is 4.23. The number of fused-ring (bicyclic) bond motifs is 1. The molecule has 4 aromatic rings. The van der Waals surface area contributed by atoms with Crippen molar-refractivity contribution in [2.45, 2.75) is 13.8 Å². The smallest absolute Gasteiger partial charge is 0.0991 e. The summed E-state index contributed by atoms with van der Waals surface area (Å²) in [6, 6.07) is 16.1. The molecule has 0 aliphatic carbocycles. The summed E-state index contributed by atoms with van der Waals surface area (Å²) in [7, 11) is 0. The molecular weight excluding hydrogens is 308 g/mol. The standard InChI is InChI=1S/C21H16N4/c1-14-6-7-23-13-20(14)25-21-15(2)8-18(10-19(21)12-24-25)17-5-3-4-16(9-17)11-22/h3-10,12-13H,1-2H3. The summed E-state index contributed by atoms with van der Waals surface area (Å²) in [5.74, 6) is 0. The van der Waals surface area contributed by atoms with Crippen molar-refractivity contribution in [2.75, 3.05) is 0 Å². The molecule has 0 saturated carbocycles. The van der Waals surface area contributed by atoms with Crippen molar-refractivity contribution in [3.05, 3.63) is 77.7 Å². The van der Waals surface area contributed by atoms with Crippen LogP contribution in [0, 0.1) is 25.2 Å². The zero-order chi connectivity index (χ0) is 17.4. The van der Waals surface area contributed by atoms with Gasteiger partial charge in [0.2, 0.25) is 0 Å². The number of aromatic nitrogens is 3. The molecule has 0 radical (unpaired) electrons. The van der Waals surface area contributed by atoms with Gasteiger partial charge < -0.3 is 0 Å². The van der Waals surface area contributed by atoms with E-state index in [1.807, 2.05) is 47.4 Å². The average molecular weight is 324 g/mol. The van der Waals surface area contributed by atoms with Crippen LogP contribution < -0.4 is 0 Å². The molecule has 0 fully saturated rings. The summed E-state index contributed by atoms with van der Waals surface area (Å²) in [6.07, 6.45) is 5.51. The second kappa shape index (κ2) is 5.88. The zero-order valence-electron chi connectivity index (χ0n) is 14.1. The number of hydrogen-bond donors (Lipinski definition) is 0. The molecular formula is C21H16N4. The Morgan fingerprint density at radius 2 is 1.84 bits per heavy atom. The lowest BCUT2D eigenvalue weighted by molar-refractivity contribution is 0.891. The van der Waals surface area contributed by atoms with E-state index in [0.29, 0.717) is 5.56 Å². The predicted molar refractivity (Wildman–Crippen MR) is 98.5 cm³/mol. The normalized spacial score (nSPS) is 10.8. The highest BCUT2D eigenvalue weighted by atomic mass is 15.3. The number of rotatable bonds is 2. The minimum atomic E-state index is 0.664. The largest absolute Gasteiger partial charge is 0.262 e. The van der Waals surface area contributed by atoms with Crippen LogP contribution in [0.3, 0.4) is 0 Å². The average Bonchev–Trinajstić information content (AvgIpc) is 3.06. The van der Waals surface area contributed by atoms with Crippen molar-refractivity contribution in [1.29, 1.82) is 5.26 Å². The molecule has 4 rings (SSSR count). The van der Waals surface area contributed by atoms with Gasteiger partial charge in [-0.1, -0.05) is 12.1 Å². The predicted octanol–water partition coefficient (Wildman–Crippen LogP) is 4.58. The van der Waals surface area contributed by atoms with Crippen LogP contribution in [0.25, 0.3) is 27.7 Å². The quantitative estimate of drug-likeness (QED) is 0.542. The lowest BCUT2D eigenvalue weighted by Crippen LogP contribution is -2.00. The molecule has 0 saturated heterocycles. The zero-order valence-corrected chi connectivity index (χ0v) is 14.1. The summed E-state index contributed by atoms with van der Waals surface area (Å²) in [5, 5.41) is 14.8. The molecule has 0 aliphatic heterocycles. The maximum absolute atomic E-state index is 9.12. The summed E-state index contributed by atoms with van der Waals surface area (Å²) >= 11 is 0. The Kier molecular flexibility index (Phi) is 3.55. The fourth-order valence-corrected chi connectivity index (χ4v) is 3.17. The maximum atomic E-state index is 9.12. The molecule has 4 nitrogen and oxygen atoms in total. The Labute approximate surface area is 146 Å². The molecule has 2 aromatic heterocycles. The van der Waals surface area contributed by atoms with Gasteiger partial charge in [-0.05, 0) is 66.4 Å². The van der Waals surface area contributed by atoms with Crippen LogP contribution in [0.15, 0.2) is 61.1 Å². The van der Waals surface area contributed by atoms with Crippen LogP contribution >= 0.6 is 0 Å². The van der Waals surface area contributed by atoms with E-state index < -0.39 is 0 Å². The first-order chi connectivity index (χ1) is 12.2. The van der Waals surface area contributed by atoms with Crippen LogP contribution in [-0.2, 0) is 0 Å². The molecule has 0 spiro atoms. The molecule has 25 heavy (non-hydrogen) atoms. The Morgan fingerprint density at radius 1 is 0.960 bits per heavy atom. The molecule has 120 valence electrons. The summed E-state index contributed by atoms with van der Waals surface area (Å²) in [5.41, 5.74) is 7.12. The lowest BCUT2D eigenvalue weighted by Gasteiger charge is -2.10. The molecule has 0 unspecified atom stereocenters. The second-order valence-corrected chi connectivity index (χ2v) is 6.14. The van der Waals surface area contributed by atoms with Gasteiger partial charge in [-0.3, -0.25) is 4.98 Å². The molecule has 4 heteroatoms. The molecule has 0 amide bonds. The number of nitriles is 1. The highest BCUT2D eigenvalue weighted by molar-refractivity contribution is 5.88. The molecule has 0 N–H and O–H groups in total. The fourth-order valence-electron chi connectivity index (χ4n) is 3.17. The third-order valence-corrected chi connectivity index (χ3v) is 4.42. The van der Waals surface area contributed by atoms with Crippen molar-refractivity contribution < 1.29 is 0 Å². The van der Waals surface area contributed by atoms with Crippen LogP contribution in [0.1, 0.15) is 16.7 Å². The van der Waals surface area contributed by atoms with Gasteiger partial charge in [-0.25, -0.2) is 4.68 Å². The third kappa shape index (κ3) is 2.56. The van der Waals surface area contributed by atoms with Crippen LogP contribution in [0.4, 0.5) is 0 Å². The van der Waals surface area contributed by atoms with Gasteiger partial charge in [0.05, 0.1) is 35.2 Å². The van der Waals surface area contributed by atoms with Gasteiger partial charge >= 0.3 is 0 Å². The highest BCUT2D eigenvalue weighted by Gasteiger charge is 2.12. The van der Waals surface area contributed by atoms with E-state index >= 15 is 0 Å². The van der Waals surface area contributed by atoms with Crippen molar-refractivity contribution in [2.24, 2.45) is 0 Å². The molecule has 0 aliphatic rings. The van der Waals surface area contributed by atoms with E-state index in [9.17, 15) is 0 Å². The van der Waals surface area contributed by atoms with Gasteiger partial charge in [0.25, 0.3) is 0 Å². The number of benzene rings is 2. The summed E-state index contributed by atoms with van der Waals surface area (Å²) in [6.45, 7) is 4.14. The van der Waals surface area contributed by atoms with Gasteiger partial charge in [-0.2, -0.15) is 10.4 Å². The Bertz CT molecular complexity index is 1130. The lowest BCUT2D eigenvalue weighted by atomic mass is 9.99. The third-order valence-electron chi connectivity index (χ3n) is 4.42. The van der Waals surface area contributed by atoms with Gasteiger partial charge in [0, 0.05) is 11.6 Å². The Balaban J connectivity index is 1.91. The van der Waals surface area contributed by atoms with E-state index in [1.165, 1.54) is 0 Å². The molecule has 2 aromatic carbocycles. The Morgan fingerprint density at radius 3 is 2.64 bits per heavy atom. The minimum absolute atomic E-state index is 0.664. The Hall–Kier alpha value is -3.45. The number of pyridine rings is 1. The van der Waals surface area contributed by atoms with E-state index in [2.05, 4.69) is 42.1 Å². The fraction of sp³-hybridized carbons (Fsp3) is 0.0952. The van der Waals surface area contributed by atoms with Crippen molar-refractivity contribution in [3.8, 4) is 22.9 Å². The molecule has 2 heterocycles. The topological polar surface area (TPSA) is 54.5 Å². The minimum Gasteiger partial charge on any atom is -0.262 e. The first kappa shape index (κ1) is 15.1. The SMILES string of the molecule is Cc1ccncc1-n1ncc2cc(-c3cccc(C#N)c3)cc(C)c21. The van der Waals surface area contributed by atoms with E-state index in [4.69, 9.17) is 5.26 Å². The van der Waals surface area contributed by atoms with Gasteiger partial charge in [-0.15, -0.1) is 0 Å².